The van der Waals surface area contributed by atoms with Gasteiger partial charge in [0.05, 0.1) is 0 Å². The first-order valence-corrected chi connectivity index (χ1v) is 7.87. The highest BCUT2D eigenvalue weighted by Gasteiger charge is 2.30. The van der Waals surface area contributed by atoms with E-state index in [1.807, 2.05) is 30.3 Å². The Morgan fingerprint density at radius 3 is 2.36 bits per heavy atom. The topological polar surface area (TPSA) is 75.6 Å². The van der Waals surface area contributed by atoms with E-state index < -0.39 is 18.1 Å². The Hall–Kier alpha value is -2.04. The van der Waals surface area contributed by atoms with Crippen LogP contribution in [0.15, 0.2) is 30.3 Å². The lowest BCUT2D eigenvalue weighted by Crippen LogP contribution is -2.46. The molecule has 1 saturated carbocycles. The zero-order valence-corrected chi connectivity index (χ0v) is 12.7. The van der Waals surface area contributed by atoms with Crippen LogP contribution in [0.1, 0.15) is 44.1 Å². The number of rotatable bonds is 5. The molecule has 0 aliphatic heterocycles. The summed E-state index contributed by atoms with van der Waals surface area (Å²) in [6.45, 7) is 0.143. The summed E-state index contributed by atoms with van der Waals surface area (Å²) >= 11 is 0. The van der Waals surface area contributed by atoms with Gasteiger partial charge in [0.1, 0.15) is 12.6 Å². The van der Waals surface area contributed by atoms with Crippen LogP contribution in [-0.4, -0.2) is 23.2 Å². The Morgan fingerprint density at radius 1 is 1.14 bits per heavy atom. The molecule has 120 valence electrons. The highest BCUT2D eigenvalue weighted by atomic mass is 16.5. The number of benzene rings is 1. The van der Waals surface area contributed by atoms with Crippen molar-refractivity contribution in [2.45, 2.75) is 51.2 Å². The number of carbonyl (C=O) groups excluding carboxylic acids is 1. The number of nitrogens with one attached hydrogen (secondary N) is 1. The van der Waals surface area contributed by atoms with E-state index in [2.05, 4.69) is 5.32 Å². The summed E-state index contributed by atoms with van der Waals surface area (Å²) in [5.74, 6) is -0.993. The minimum Gasteiger partial charge on any atom is -0.480 e. The van der Waals surface area contributed by atoms with Gasteiger partial charge in [-0.05, 0) is 24.3 Å². The molecule has 5 heteroatoms. The lowest BCUT2D eigenvalue weighted by Gasteiger charge is -2.23. The molecular formula is C17H23NO4. The summed E-state index contributed by atoms with van der Waals surface area (Å²) in [6.07, 6.45) is 5.35. The van der Waals surface area contributed by atoms with Crippen LogP contribution in [0.2, 0.25) is 0 Å². The van der Waals surface area contributed by atoms with Crippen LogP contribution in [0.3, 0.4) is 0 Å². The third-order valence-electron chi connectivity index (χ3n) is 4.12. The molecule has 0 heterocycles. The number of alkyl carbamates (subject to hydrolysis) is 1. The number of carboxylic acids is 1. The summed E-state index contributed by atoms with van der Waals surface area (Å²) in [5, 5.41) is 11.9. The lowest BCUT2D eigenvalue weighted by atomic mass is 9.92. The Bertz CT molecular complexity index is 481. The number of ether oxygens (including phenoxy) is 1. The molecule has 2 rings (SSSR count). The quantitative estimate of drug-likeness (QED) is 0.818. The minimum absolute atomic E-state index is 0.00993. The first-order chi connectivity index (χ1) is 10.7. The maximum atomic E-state index is 11.9. The van der Waals surface area contributed by atoms with Crippen LogP contribution in [0, 0.1) is 5.92 Å². The predicted molar refractivity (Wildman–Crippen MR) is 82.4 cm³/mol. The first-order valence-electron chi connectivity index (χ1n) is 7.87. The average molecular weight is 305 g/mol. The van der Waals surface area contributed by atoms with Gasteiger partial charge < -0.3 is 15.2 Å². The summed E-state index contributed by atoms with van der Waals surface area (Å²) in [4.78, 5) is 23.3. The van der Waals surface area contributed by atoms with Gasteiger partial charge in [-0.3, -0.25) is 0 Å². The fourth-order valence-corrected chi connectivity index (χ4v) is 2.92. The number of carbonyl (C=O) groups is 2. The van der Waals surface area contributed by atoms with Gasteiger partial charge in [0.2, 0.25) is 0 Å². The fourth-order valence-electron chi connectivity index (χ4n) is 2.92. The lowest BCUT2D eigenvalue weighted by molar-refractivity contribution is -0.141. The molecular weight excluding hydrogens is 282 g/mol. The van der Waals surface area contributed by atoms with Gasteiger partial charge in [-0.2, -0.15) is 0 Å². The summed E-state index contributed by atoms with van der Waals surface area (Å²) < 4.78 is 5.12. The Balaban J connectivity index is 1.87. The zero-order chi connectivity index (χ0) is 15.8. The van der Waals surface area contributed by atoms with Gasteiger partial charge >= 0.3 is 12.1 Å². The van der Waals surface area contributed by atoms with E-state index in [1.54, 1.807) is 0 Å². The van der Waals surface area contributed by atoms with E-state index in [9.17, 15) is 14.7 Å². The van der Waals surface area contributed by atoms with Crippen LogP contribution >= 0.6 is 0 Å². The molecule has 0 bridgehead atoms. The van der Waals surface area contributed by atoms with Gasteiger partial charge in [-0.1, -0.05) is 56.0 Å². The van der Waals surface area contributed by atoms with E-state index in [1.165, 1.54) is 0 Å². The molecule has 1 fully saturated rings. The molecule has 5 nitrogen and oxygen atoms in total. The Kier molecular flexibility index (Phi) is 6.25. The van der Waals surface area contributed by atoms with Crippen LogP contribution < -0.4 is 5.32 Å². The first kappa shape index (κ1) is 16.3. The second-order valence-electron chi connectivity index (χ2n) is 5.77. The van der Waals surface area contributed by atoms with Crippen molar-refractivity contribution in [2.75, 3.05) is 0 Å². The minimum atomic E-state index is -0.983. The molecule has 0 radical (unpaired) electrons. The highest BCUT2D eigenvalue weighted by molar-refractivity contribution is 5.80. The molecule has 1 amide bonds. The van der Waals surface area contributed by atoms with Gasteiger partial charge in [-0.25, -0.2) is 9.59 Å². The highest BCUT2D eigenvalue weighted by Crippen LogP contribution is 2.25. The standard InChI is InChI=1S/C17H23NO4/c19-16(20)15(14-10-6-1-2-7-11-14)18-17(21)22-12-13-8-4-3-5-9-13/h3-5,8-9,14-15H,1-2,6-7,10-12H2,(H,18,21)(H,19,20). The number of hydrogen-bond donors (Lipinski definition) is 2. The SMILES string of the molecule is O=C(NC(C(=O)O)C1CCCCCC1)OCc1ccccc1. The summed E-state index contributed by atoms with van der Waals surface area (Å²) in [5.41, 5.74) is 0.874. The average Bonchev–Trinajstić information content (AvgIpc) is 2.80. The number of aliphatic carboxylic acids is 1. The van der Waals surface area contributed by atoms with E-state index in [0.717, 1.165) is 44.1 Å². The van der Waals surface area contributed by atoms with E-state index in [4.69, 9.17) is 4.74 Å². The fraction of sp³-hybridized carbons (Fsp3) is 0.529. The second kappa shape index (κ2) is 8.41. The number of carboxylic acid groups (broad SMARTS) is 1. The molecule has 22 heavy (non-hydrogen) atoms. The molecule has 2 N–H and O–H groups in total. The largest absolute Gasteiger partial charge is 0.480 e. The number of amides is 1. The van der Waals surface area contributed by atoms with Gasteiger partial charge in [0.25, 0.3) is 0 Å². The van der Waals surface area contributed by atoms with E-state index in [-0.39, 0.29) is 12.5 Å². The van der Waals surface area contributed by atoms with Crippen LogP contribution in [0.25, 0.3) is 0 Å². The predicted octanol–water partition coefficient (Wildman–Crippen LogP) is 3.34. The Labute approximate surface area is 130 Å². The zero-order valence-electron chi connectivity index (χ0n) is 12.7. The van der Waals surface area contributed by atoms with Gasteiger partial charge in [0, 0.05) is 0 Å². The van der Waals surface area contributed by atoms with Crippen molar-refractivity contribution >= 4 is 12.1 Å². The molecule has 1 atom stereocenters. The van der Waals surface area contributed by atoms with Gasteiger partial charge in [0.15, 0.2) is 0 Å². The third kappa shape index (κ3) is 5.06. The summed E-state index contributed by atoms with van der Waals surface area (Å²) in [7, 11) is 0. The molecule has 1 aliphatic carbocycles. The van der Waals surface area contributed by atoms with Crippen molar-refractivity contribution in [1.82, 2.24) is 5.32 Å². The Morgan fingerprint density at radius 2 is 1.77 bits per heavy atom. The second-order valence-corrected chi connectivity index (χ2v) is 5.77. The third-order valence-corrected chi connectivity index (χ3v) is 4.12. The molecule has 1 unspecified atom stereocenters. The van der Waals surface area contributed by atoms with Crippen molar-refractivity contribution in [3.63, 3.8) is 0 Å². The maximum absolute atomic E-state index is 11.9. The van der Waals surface area contributed by atoms with Crippen molar-refractivity contribution in [3.8, 4) is 0 Å². The molecule has 0 aromatic heterocycles. The van der Waals surface area contributed by atoms with Crippen LogP contribution in [0.4, 0.5) is 4.79 Å². The van der Waals surface area contributed by atoms with Crippen molar-refractivity contribution in [3.05, 3.63) is 35.9 Å². The normalized spacial score (nSPS) is 17.3. The van der Waals surface area contributed by atoms with Crippen molar-refractivity contribution < 1.29 is 19.4 Å². The summed E-state index contributed by atoms with van der Waals surface area (Å²) in [6, 6.07) is 8.46. The number of hydrogen-bond acceptors (Lipinski definition) is 3. The molecule has 0 spiro atoms. The molecule has 1 aromatic carbocycles. The molecule has 1 aromatic rings. The van der Waals surface area contributed by atoms with Crippen LogP contribution in [0.5, 0.6) is 0 Å². The van der Waals surface area contributed by atoms with Crippen molar-refractivity contribution in [1.29, 1.82) is 0 Å². The van der Waals surface area contributed by atoms with E-state index >= 15 is 0 Å². The molecule has 0 saturated heterocycles. The van der Waals surface area contributed by atoms with E-state index in [0.29, 0.717) is 0 Å². The smallest absolute Gasteiger partial charge is 0.408 e. The maximum Gasteiger partial charge on any atom is 0.408 e. The molecule has 1 aliphatic rings. The van der Waals surface area contributed by atoms with Gasteiger partial charge in [-0.15, -0.1) is 0 Å². The monoisotopic (exact) mass is 305 g/mol. The van der Waals surface area contributed by atoms with Crippen molar-refractivity contribution in [2.24, 2.45) is 5.92 Å². The van der Waals surface area contributed by atoms with Crippen LogP contribution in [-0.2, 0) is 16.1 Å².